The third-order valence-corrected chi connectivity index (χ3v) is 5.08. The number of ketones is 1. The maximum absolute atomic E-state index is 12.9. The van der Waals surface area contributed by atoms with Gasteiger partial charge in [0.25, 0.3) is 17.4 Å². The van der Waals surface area contributed by atoms with Crippen LogP contribution in [0.4, 0.5) is 5.69 Å². The Balaban J connectivity index is 2.21. The highest BCUT2D eigenvalue weighted by atomic mass is 16.6. The molecule has 0 spiro atoms. The number of likely N-dealkylation sites (tertiary alicyclic amines) is 1. The maximum Gasteiger partial charge on any atom is 0.295 e. The molecule has 1 amide bonds. The third-order valence-electron chi connectivity index (χ3n) is 5.08. The highest BCUT2D eigenvalue weighted by Gasteiger charge is 2.47. The summed E-state index contributed by atoms with van der Waals surface area (Å²) in [6.07, 6.45) is 1.39. The first-order valence-electron chi connectivity index (χ1n) is 9.56. The number of aliphatic hydroxyl groups excluding tert-OH is 1. The van der Waals surface area contributed by atoms with Gasteiger partial charge in [0.05, 0.1) is 29.2 Å². The van der Waals surface area contributed by atoms with Crippen LogP contribution in [0.1, 0.15) is 36.9 Å². The van der Waals surface area contributed by atoms with Crippen LogP contribution in [0.25, 0.3) is 5.76 Å². The molecule has 1 heterocycles. The number of carbonyl (C=O) groups excluding carboxylic acids is 2. The van der Waals surface area contributed by atoms with Crippen molar-refractivity contribution in [3.8, 4) is 5.75 Å². The van der Waals surface area contributed by atoms with Gasteiger partial charge >= 0.3 is 0 Å². The SMILES string of the molecule is CCCCN1C(=O)C(=O)/C(=C(/O)c2ccc(OC)cc2)C1c1ccccc1[N+](=O)[O-]. The zero-order valence-electron chi connectivity index (χ0n) is 16.7. The van der Waals surface area contributed by atoms with Crippen LogP contribution in [0.2, 0.25) is 0 Å². The first-order chi connectivity index (χ1) is 14.4. The summed E-state index contributed by atoms with van der Waals surface area (Å²) in [5, 5.41) is 22.5. The molecular weight excluding hydrogens is 388 g/mol. The number of Topliss-reactive ketones (excluding diaryl/α,β-unsaturated/α-hetero) is 1. The summed E-state index contributed by atoms with van der Waals surface area (Å²) < 4.78 is 5.10. The molecule has 2 aromatic rings. The number of aliphatic hydroxyl groups is 1. The smallest absolute Gasteiger partial charge is 0.295 e. The largest absolute Gasteiger partial charge is 0.507 e. The number of rotatable bonds is 7. The molecule has 0 bridgehead atoms. The van der Waals surface area contributed by atoms with Crippen molar-refractivity contribution in [2.75, 3.05) is 13.7 Å². The quantitative estimate of drug-likeness (QED) is 0.244. The fraction of sp³-hybridized carbons (Fsp3) is 0.273. The highest BCUT2D eigenvalue weighted by molar-refractivity contribution is 6.46. The number of para-hydroxylation sites is 1. The van der Waals surface area contributed by atoms with Gasteiger partial charge < -0.3 is 14.7 Å². The van der Waals surface area contributed by atoms with Crippen molar-refractivity contribution in [1.82, 2.24) is 4.90 Å². The van der Waals surface area contributed by atoms with Crippen LogP contribution in [0.15, 0.2) is 54.1 Å². The molecule has 156 valence electrons. The summed E-state index contributed by atoms with van der Waals surface area (Å²) in [5.74, 6) is -1.45. The van der Waals surface area contributed by atoms with E-state index in [-0.39, 0.29) is 29.1 Å². The number of carbonyl (C=O) groups is 2. The summed E-state index contributed by atoms with van der Waals surface area (Å²) in [6.45, 7) is 2.19. The maximum atomic E-state index is 12.9. The topological polar surface area (TPSA) is 110 Å². The molecule has 8 heteroatoms. The molecule has 1 saturated heterocycles. The lowest BCUT2D eigenvalue weighted by atomic mass is 9.94. The Morgan fingerprint density at radius 1 is 1.17 bits per heavy atom. The zero-order chi connectivity index (χ0) is 21.8. The predicted octanol–water partition coefficient (Wildman–Crippen LogP) is 3.83. The Morgan fingerprint density at radius 2 is 1.83 bits per heavy atom. The number of amides is 1. The number of nitro benzene ring substituents is 1. The van der Waals surface area contributed by atoms with E-state index in [0.717, 1.165) is 6.42 Å². The van der Waals surface area contributed by atoms with Gasteiger partial charge in [0.1, 0.15) is 11.5 Å². The number of unbranched alkanes of at least 4 members (excludes halogenated alkanes) is 1. The van der Waals surface area contributed by atoms with Crippen LogP contribution in [0.3, 0.4) is 0 Å². The fourth-order valence-corrected chi connectivity index (χ4v) is 3.55. The Labute approximate surface area is 173 Å². The second kappa shape index (κ2) is 8.77. The fourth-order valence-electron chi connectivity index (χ4n) is 3.55. The molecule has 0 radical (unpaired) electrons. The van der Waals surface area contributed by atoms with Gasteiger partial charge in [-0.3, -0.25) is 19.7 Å². The van der Waals surface area contributed by atoms with Gasteiger partial charge in [-0.15, -0.1) is 0 Å². The van der Waals surface area contributed by atoms with E-state index in [2.05, 4.69) is 0 Å². The Hall–Kier alpha value is -3.68. The summed E-state index contributed by atoms with van der Waals surface area (Å²) in [7, 11) is 1.50. The van der Waals surface area contributed by atoms with Crippen LogP contribution >= 0.6 is 0 Å². The van der Waals surface area contributed by atoms with Crippen molar-refractivity contribution in [1.29, 1.82) is 0 Å². The van der Waals surface area contributed by atoms with E-state index >= 15 is 0 Å². The van der Waals surface area contributed by atoms with Crippen molar-refractivity contribution in [3.63, 3.8) is 0 Å². The van der Waals surface area contributed by atoms with Crippen LogP contribution in [0, 0.1) is 10.1 Å². The van der Waals surface area contributed by atoms with E-state index in [0.29, 0.717) is 17.7 Å². The van der Waals surface area contributed by atoms with Crippen molar-refractivity contribution in [2.45, 2.75) is 25.8 Å². The van der Waals surface area contributed by atoms with E-state index in [9.17, 15) is 24.8 Å². The number of benzene rings is 2. The van der Waals surface area contributed by atoms with Gasteiger partial charge in [0.15, 0.2) is 0 Å². The Kier molecular flexibility index (Phi) is 6.15. The molecule has 2 aromatic carbocycles. The average molecular weight is 410 g/mol. The van der Waals surface area contributed by atoms with Gasteiger partial charge in [-0.25, -0.2) is 0 Å². The number of hydrogen-bond donors (Lipinski definition) is 1. The molecule has 8 nitrogen and oxygen atoms in total. The monoisotopic (exact) mass is 410 g/mol. The molecule has 0 saturated carbocycles. The highest BCUT2D eigenvalue weighted by Crippen LogP contribution is 2.42. The lowest BCUT2D eigenvalue weighted by molar-refractivity contribution is -0.385. The molecule has 1 aliphatic heterocycles. The van der Waals surface area contributed by atoms with Gasteiger partial charge in [-0.05, 0) is 36.8 Å². The Bertz CT molecular complexity index is 1010. The van der Waals surface area contributed by atoms with Crippen LogP contribution in [0.5, 0.6) is 5.75 Å². The standard InChI is InChI=1S/C22H22N2O6/c1-3-4-13-23-19(16-7-5-6-8-17(16)24(28)29)18(21(26)22(23)27)20(25)14-9-11-15(30-2)12-10-14/h5-12,19,25H,3-4,13H2,1-2H3/b20-18+. The lowest BCUT2D eigenvalue weighted by Gasteiger charge is -2.25. The van der Waals surface area contributed by atoms with E-state index in [1.165, 1.54) is 30.2 Å². The predicted molar refractivity (Wildman–Crippen MR) is 110 cm³/mol. The zero-order valence-corrected chi connectivity index (χ0v) is 16.7. The Morgan fingerprint density at radius 3 is 2.43 bits per heavy atom. The second-order valence-electron chi connectivity index (χ2n) is 6.89. The third kappa shape index (κ3) is 3.76. The molecule has 30 heavy (non-hydrogen) atoms. The molecule has 1 fully saturated rings. The number of methoxy groups -OCH3 is 1. The minimum absolute atomic E-state index is 0.157. The summed E-state index contributed by atoms with van der Waals surface area (Å²) in [4.78, 5) is 38.0. The van der Waals surface area contributed by atoms with Crippen LogP contribution in [-0.2, 0) is 9.59 Å². The molecule has 1 N–H and O–H groups in total. The molecular formula is C22H22N2O6. The van der Waals surface area contributed by atoms with E-state index in [1.54, 1.807) is 30.3 Å². The van der Waals surface area contributed by atoms with Gasteiger partial charge in [0, 0.05) is 18.2 Å². The van der Waals surface area contributed by atoms with Crippen molar-refractivity contribution in [2.24, 2.45) is 0 Å². The average Bonchev–Trinajstić information content (AvgIpc) is 3.01. The minimum atomic E-state index is -1.04. The first-order valence-corrected chi connectivity index (χ1v) is 9.56. The van der Waals surface area contributed by atoms with Gasteiger partial charge in [-0.2, -0.15) is 0 Å². The lowest BCUT2D eigenvalue weighted by Crippen LogP contribution is -2.30. The summed E-state index contributed by atoms with van der Waals surface area (Å²) in [5.41, 5.74) is 0.128. The van der Waals surface area contributed by atoms with Crippen molar-refractivity contribution in [3.05, 3.63) is 75.3 Å². The normalized spacial score (nSPS) is 17.9. The molecule has 1 atom stereocenters. The first kappa shape index (κ1) is 21.0. The van der Waals surface area contributed by atoms with Crippen molar-refractivity contribution < 1.29 is 24.4 Å². The summed E-state index contributed by atoms with van der Waals surface area (Å²) in [6, 6.07) is 11.3. The number of nitro groups is 1. The van der Waals surface area contributed by atoms with Gasteiger partial charge in [-0.1, -0.05) is 25.5 Å². The minimum Gasteiger partial charge on any atom is -0.507 e. The van der Waals surface area contributed by atoms with E-state index in [1.807, 2.05) is 6.92 Å². The van der Waals surface area contributed by atoms with Crippen LogP contribution in [-0.4, -0.2) is 40.3 Å². The van der Waals surface area contributed by atoms with Gasteiger partial charge in [0.2, 0.25) is 0 Å². The molecule has 3 rings (SSSR count). The second-order valence-corrected chi connectivity index (χ2v) is 6.89. The summed E-state index contributed by atoms with van der Waals surface area (Å²) >= 11 is 0. The van der Waals surface area contributed by atoms with E-state index < -0.39 is 22.7 Å². The van der Waals surface area contributed by atoms with E-state index in [4.69, 9.17) is 4.74 Å². The molecule has 0 aromatic heterocycles. The molecule has 0 aliphatic carbocycles. The number of hydrogen-bond acceptors (Lipinski definition) is 6. The number of nitrogens with zero attached hydrogens (tertiary/aromatic N) is 2. The molecule has 1 aliphatic rings. The van der Waals surface area contributed by atoms with Crippen LogP contribution < -0.4 is 4.74 Å². The molecule has 1 unspecified atom stereocenters. The van der Waals surface area contributed by atoms with Crippen molar-refractivity contribution >= 4 is 23.1 Å². The number of ether oxygens (including phenoxy) is 1.